The second kappa shape index (κ2) is 4.61. The summed E-state index contributed by atoms with van der Waals surface area (Å²) in [5, 5.41) is 10.3. The van der Waals surface area contributed by atoms with Gasteiger partial charge in [0.15, 0.2) is 0 Å². The maximum absolute atomic E-state index is 10.3. The van der Waals surface area contributed by atoms with Crippen LogP contribution in [0.25, 0.3) is 0 Å². The van der Waals surface area contributed by atoms with E-state index in [1.807, 2.05) is 0 Å². The fourth-order valence-electron chi connectivity index (χ4n) is 2.15. The van der Waals surface area contributed by atoms with E-state index in [-0.39, 0.29) is 6.42 Å². The minimum absolute atomic E-state index is 0.224. The number of carboxylic acid groups (broad SMARTS) is 1. The first-order valence-corrected chi connectivity index (χ1v) is 5.10. The van der Waals surface area contributed by atoms with Crippen LogP contribution in [0.1, 0.15) is 26.2 Å². The van der Waals surface area contributed by atoms with Crippen LogP contribution in [-0.2, 0) is 4.79 Å². The molecule has 1 rings (SSSR count). The number of likely N-dealkylation sites (tertiary alicyclic amines) is 1. The van der Waals surface area contributed by atoms with Gasteiger partial charge in [-0.3, -0.25) is 0 Å². The molecule has 0 aromatic carbocycles. The highest BCUT2D eigenvalue weighted by atomic mass is 16.4. The molecule has 13 heavy (non-hydrogen) atoms. The van der Waals surface area contributed by atoms with E-state index < -0.39 is 5.97 Å². The Hall–Kier alpha value is -0.570. The van der Waals surface area contributed by atoms with Crippen molar-refractivity contribution in [3.63, 3.8) is 0 Å². The van der Waals surface area contributed by atoms with Crippen LogP contribution in [-0.4, -0.2) is 26.1 Å². The molecule has 76 valence electrons. The van der Waals surface area contributed by atoms with Crippen LogP contribution >= 0.6 is 0 Å². The largest absolute Gasteiger partial charge is 0.550 e. The highest BCUT2D eigenvalue weighted by molar-refractivity contribution is 5.64. The Balaban J connectivity index is 2.33. The smallest absolute Gasteiger partial charge is 0.0800 e. The fraction of sp³-hybridized carbons (Fsp3) is 0.900. The minimum atomic E-state index is -0.907. The SMILES string of the molecule is CC1CC[NH+](C)CC1CCC(=O)[O-]. The molecule has 1 aliphatic heterocycles. The van der Waals surface area contributed by atoms with Crippen molar-refractivity contribution in [2.45, 2.75) is 26.2 Å². The summed E-state index contributed by atoms with van der Waals surface area (Å²) < 4.78 is 0. The van der Waals surface area contributed by atoms with Gasteiger partial charge < -0.3 is 14.8 Å². The van der Waals surface area contributed by atoms with E-state index >= 15 is 0 Å². The molecule has 0 saturated carbocycles. The molecule has 0 radical (unpaired) electrons. The van der Waals surface area contributed by atoms with Crippen LogP contribution < -0.4 is 10.0 Å². The molecule has 0 bridgehead atoms. The molecule has 0 aromatic rings. The van der Waals surface area contributed by atoms with Crippen molar-refractivity contribution in [3.05, 3.63) is 0 Å². The van der Waals surface area contributed by atoms with E-state index in [1.54, 1.807) is 0 Å². The Bertz CT molecular complexity index is 182. The van der Waals surface area contributed by atoms with E-state index in [4.69, 9.17) is 0 Å². The maximum atomic E-state index is 10.3. The second-order valence-electron chi connectivity index (χ2n) is 4.35. The zero-order valence-electron chi connectivity index (χ0n) is 8.51. The normalized spacial score (nSPS) is 34.5. The highest BCUT2D eigenvalue weighted by Crippen LogP contribution is 2.20. The lowest BCUT2D eigenvalue weighted by molar-refractivity contribution is -0.890. The number of carboxylic acids is 1. The molecular weight excluding hydrogens is 166 g/mol. The average Bonchev–Trinajstić information content (AvgIpc) is 2.06. The van der Waals surface area contributed by atoms with Crippen molar-refractivity contribution in [2.24, 2.45) is 11.8 Å². The summed E-state index contributed by atoms with van der Waals surface area (Å²) in [6.07, 6.45) is 2.24. The Morgan fingerprint density at radius 2 is 2.31 bits per heavy atom. The molecule has 3 nitrogen and oxygen atoms in total. The molecule has 0 aromatic heterocycles. The van der Waals surface area contributed by atoms with Crippen molar-refractivity contribution in [3.8, 4) is 0 Å². The van der Waals surface area contributed by atoms with Crippen LogP contribution in [0.15, 0.2) is 0 Å². The van der Waals surface area contributed by atoms with Crippen molar-refractivity contribution in [1.29, 1.82) is 0 Å². The van der Waals surface area contributed by atoms with Gasteiger partial charge in [0, 0.05) is 11.9 Å². The molecular formula is C10H19NO2. The summed E-state index contributed by atoms with van der Waals surface area (Å²) >= 11 is 0. The number of quaternary nitrogens is 1. The van der Waals surface area contributed by atoms with E-state index in [0.29, 0.717) is 11.8 Å². The molecule has 1 aliphatic rings. The van der Waals surface area contributed by atoms with E-state index in [1.165, 1.54) is 17.9 Å². The summed E-state index contributed by atoms with van der Waals surface area (Å²) in [4.78, 5) is 11.8. The number of carbonyl (C=O) groups excluding carboxylic acids is 1. The lowest BCUT2D eigenvalue weighted by atomic mass is 9.84. The zero-order valence-corrected chi connectivity index (χ0v) is 8.51. The van der Waals surface area contributed by atoms with E-state index in [9.17, 15) is 9.90 Å². The number of rotatable bonds is 3. The molecule has 3 heteroatoms. The summed E-state index contributed by atoms with van der Waals surface area (Å²) in [6.45, 7) is 4.57. The van der Waals surface area contributed by atoms with Crippen LogP contribution in [0.5, 0.6) is 0 Å². The summed E-state index contributed by atoms with van der Waals surface area (Å²) in [5.41, 5.74) is 0. The molecule has 0 aliphatic carbocycles. The van der Waals surface area contributed by atoms with Gasteiger partial charge in [0.05, 0.1) is 20.1 Å². The molecule has 3 atom stereocenters. The number of carbonyl (C=O) groups is 1. The molecule has 0 amide bonds. The first-order valence-electron chi connectivity index (χ1n) is 5.10. The van der Waals surface area contributed by atoms with Gasteiger partial charge in [-0.15, -0.1) is 0 Å². The molecule has 3 unspecified atom stereocenters. The van der Waals surface area contributed by atoms with Crippen LogP contribution in [0.2, 0.25) is 0 Å². The van der Waals surface area contributed by atoms with Crippen molar-refractivity contribution >= 4 is 5.97 Å². The van der Waals surface area contributed by atoms with E-state index in [0.717, 1.165) is 13.0 Å². The van der Waals surface area contributed by atoms with Gasteiger partial charge in [-0.25, -0.2) is 0 Å². The summed E-state index contributed by atoms with van der Waals surface area (Å²) in [6, 6.07) is 0. The highest BCUT2D eigenvalue weighted by Gasteiger charge is 2.26. The Kier molecular flexibility index (Phi) is 3.72. The van der Waals surface area contributed by atoms with Gasteiger partial charge in [0.25, 0.3) is 0 Å². The molecule has 1 fully saturated rings. The van der Waals surface area contributed by atoms with Crippen LogP contribution in [0.4, 0.5) is 0 Å². The van der Waals surface area contributed by atoms with Gasteiger partial charge in [-0.2, -0.15) is 0 Å². The quantitative estimate of drug-likeness (QED) is 0.593. The number of piperidine rings is 1. The zero-order chi connectivity index (χ0) is 9.84. The van der Waals surface area contributed by atoms with Crippen molar-refractivity contribution < 1.29 is 14.8 Å². The Labute approximate surface area is 79.7 Å². The molecule has 0 spiro atoms. The number of nitrogens with one attached hydrogen (secondary N) is 1. The summed E-state index contributed by atoms with van der Waals surface area (Å²) in [5.74, 6) is 0.352. The Morgan fingerprint density at radius 3 is 2.92 bits per heavy atom. The second-order valence-corrected chi connectivity index (χ2v) is 4.35. The van der Waals surface area contributed by atoms with E-state index in [2.05, 4.69) is 14.0 Å². The predicted octanol–water partition coefficient (Wildman–Crippen LogP) is -1.31. The van der Waals surface area contributed by atoms with Crippen molar-refractivity contribution in [1.82, 2.24) is 0 Å². The third kappa shape index (κ3) is 3.35. The monoisotopic (exact) mass is 185 g/mol. The Morgan fingerprint density at radius 1 is 1.62 bits per heavy atom. The van der Waals surface area contributed by atoms with Crippen LogP contribution in [0.3, 0.4) is 0 Å². The van der Waals surface area contributed by atoms with Gasteiger partial charge in [0.1, 0.15) is 0 Å². The first-order chi connectivity index (χ1) is 6.09. The molecule has 1 saturated heterocycles. The van der Waals surface area contributed by atoms with Crippen LogP contribution in [0, 0.1) is 11.8 Å². The minimum Gasteiger partial charge on any atom is -0.550 e. The predicted molar refractivity (Wildman–Crippen MR) is 48.1 cm³/mol. The molecule has 1 heterocycles. The maximum Gasteiger partial charge on any atom is 0.0800 e. The van der Waals surface area contributed by atoms with Gasteiger partial charge >= 0.3 is 0 Å². The first kappa shape index (κ1) is 10.5. The third-order valence-corrected chi connectivity index (χ3v) is 3.16. The lowest BCUT2D eigenvalue weighted by Gasteiger charge is -2.32. The van der Waals surface area contributed by atoms with Crippen molar-refractivity contribution in [2.75, 3.05) is 20.1 Å². The number of aliphatic carboxylic acids is 1. The van der Waals surface area contributed by atoms with Gasteiger partial charge in [0.2, 0.25) is 0 Å². The topological polar surface area (TPSA) is 44.6 Å². The fourth-order valence-corrected chi connectivity index (χ4v) is 2.15. The molecule has 1 N–H and O–H groups in total. The number of hydrogen-bond acceptors (Lipinski definition) is 2. The number of hydrogen-bond donors (Lipinski definition) is 1. The third-order valence-electron chi connectivity index (χ3n) is 3.16. The van der Waals surface area contributed by atoms with Gasteiger partial charge in [-0.05, 0) is 25.2 Å². The van der Waals surface area contributed by atoms with Gasteiger partial charge in [-0.1, -0.05) is 6.92 Å². The average molecular weight is 185 g/mol. The lowest BCUT2D eigenvalue weighted by Crippen LogP contribution is -3.11. The standard InChI is InChI=1S/C10H19NO2/c1-8-5-6-11(2)7-9(8)3-4-10(12)13/h8-9H,3-7H2,1-2H3,(H,12,13). The summed E-state index contributed by atoms with van der Waals surface area (Å²) in [7, 11) is 2.18.